The maximum atomic E-state index is 13.2. The van der Waals surface area contributed by atoms with E-state index < -0.39 is 0 Å². The Labute approximate surface area is 106 Å². The number of nitrogens with zero attached hydrogens (tertiary/aromatic N) is 1. The molecule has 0 radical (unpaired) electrons. The van der Waals surface area contributed by atoms with Gasteiger partial charge in [-0.05, 0) is 25.2 Å². The van der Waals surface area contributed by atoms with Crippen molar-refractivity contribution in [1.29, 1.82) is 0 Å². The molecule has 16 heavy (non-hydrogen) atoms. The lowest BCUT2D eigenvalue weighted by Crippen LogP contribution is -2.04. The predicted molar refractivity (Wildman–Crippen MR) is 68.0 cm³/mol. The molecular weight excluding hydrogens is 291 g/mol. The first-order valence-corrected chi connectivity index (χ1v) is 6.42. The van der Waals surface area contributed by atoms with Crippen LogP contribution in [0.15, 0.2) is 28.1 Å². The van der Waals surface area contributed by atoms with Crippen LogP contribution in [0.4, 0.5) is 4.39 Å². The first kappa shape index (κ1) is 11.7. The third kappa shape index (κ3) is 2.66. The van der Waals surface area contributed by atoms with Crippen LogP contribution in [-0.4, -0.2) is 12.0 Å². The second-order valence-electron chi connectivity index (χ2n) is 3.33. The van der Waals surface area contributed by atoms with E-state index in [0.717, 1.165) is 27.3 Å². The van der Waals surface area contributed by atoms with Crippen LogP contribution in [0.5, 0.6) is 0 Å². The van der Waals surface area contributed by atoms with Crippen LogP contribution in [0.3, 0.4) is 0 Å². The number of rotatable bonds is 3. The molecular formula is C11H10BrFN2S. The van der Waals surface area contributed by atoms with Crippen molar-refractivity contribution in [1.82, 2.24) is 10.3 Å². The van der Waals surface area contributed by atoms with Crippen molar-refractivity contribution < 1.29 is 4.39 Å². The van der Waals surface area contributed by atoms with Crippen LogP contribution < -0.4 is 5.32 Å². The van der Waals surface area contributed by atoms with Gasteiger partial charge in [-0.25, -0.2) is 9.37 Å². The van der Waals surface area contributed by atoms with E-state index in [1.54, 1.807) is 0 Å². The Balaban J connectivity index is 2.34. The maximum Gasteiger partial charge on any atom is 0.125 e. The number of halogens is 2. The SMILES string of the molecule is CNCc1csc(-c2cc(F)cc(Br)c2)n1. The average Bonchev–Trinajstić information content (AvgIpc) is 2.65. The van der Waals surface area contributed by atoms with Gasteiger partial charge >= 0.3 is 0 Å². The van der Waals surface area contributed by atoms with Crippen LogP contribution in [0.1, 0.15) is 5.69 Å². The normalized spacial score (nSPS) is 10.7. The third-order valence-electron chi connectivity index (χ3n) is 2.02. The van der Waals surface area contributed by atoms with Crippen molar-refractivity contribution in [3.05, 3.63) is 39.6 Å². The summed E-state index contributed by atoms with van der Waals surface area (Å²) >= 11 is 4.79. The molecule has 0 unspecified atom stereocenters. The summed E-state index contributed by atoms with van der Waals surface area (Å²) in [5.74, 6) is -0.255. The molecule has 2 rings (SSSR count). The lowest BCUT2D eigenvalue weighted by molar-refractivity contribution is 0.627. The summed E-state index contributed by atoms with van der Waals surface area (Å²) in [4.78, 5) is 4.42. The van der Waals surface area contributed by atoms with Crippen molar-refractivity contribution in [2.24, 2.45) is 0 Å². The zero-order valence-electron chi connectivity index (χ0n) is 8.63. The van der Waals surface area contributed by atoms with Crippen LogP contribution in [0.2, 0.25) is 0 Å². The highest BCUT2D eigenvalue weighted by Crippen LogP contribution is 2.27. The van der Waals surface area contributed by atoms with Crippen LogP contribution >= 0.6 is 27.3 Å². The van der Waals surface area contributed by atoms with E-state index in [0.29, 0.717) is 0 Å². The third-order valence-corrected chi connectivity index (χ3v) is 3.42. The molecule has 0 saturated carbocycles. The lowest BCUT2D eigenvalue weighted by Gasteiger charge is -1.98. The van der Waals surface area contributed by atoms with Gasteiger partial charge in [0, 0.05) is 22.0 Å². The molecule has 0 aliphatic heterocycles. The average molecular weight is 301 g/mol. The summed E-state index contributed by atoms with van der Waals surface area (Å²) in [6.45, 7) is 0.729. The molecule has 1 heterocycles. The van der Waals surface area contributed by atoms with Crippen LogP contribution in [-0.2, 0) is 6.54 Å². The predicted octanol–water partition coefficient (Wildman–Crippen LogP) is 3.43. The zero-order valence-corrected chi connectivity index (χ0v) is 11.0. The Morgan fingerprint density at radius 1 is 1.44 bits per heavy atom. The summed E-state index contributed by atoms with van der Waals surface area (Å²) in [6.07, 6.45) is 0. The van der Waals surface area contributed by atoms with Gasteiger partial charge in [0.05, 0.1) is 5.69 Å². The second kappa shape index (κ2) is 5.03. The quantitative estimate of drug-likeness (QED) is 0.939. The molecule has 1 aromatic heterocycles. The fourth-order valence-electron chi connectivity index (χ4n) is 1.38. The summed E-state index contributed by atoms with van der Waals surface area (Å²) in [6, 6.07) is 4.80. The molecule has 2 nitrogen and oxygen atoms in total. The molecule has 0 amide bonds. The standard InChI is InChI=1S/C11H10BrFN2S/c1-14-5-10-6-16-11(15-10)7-2-8(12)4-9(13)3-7/h2-4,6,14H,5H2,1H3. The van der Waals surface area contributed by atoms with Crippen molar-refractivity contribution in [3.8, 4) is 10.6 Å². The molecule has 84 valence electrons. The minimum atomic E-state index is -0.255. The van der Waals surface area contributed by atoms with Crippen molar-refractivity contribution >= 4 is 27.3 Å². The van der Waals surface area contributed by atoms with Gasteiger partial charge in [0.15, 0.2) is 0 Å². The van der Waals surface area contributed by atoms with Gasteiger partial charge in [-0.2, -0.15) is 0 Å². The Hall–Kier alpha value is -0.780. The van der Waals surface area contributed by atoms with E-state index in [9.17, 15) is 4.39 Å². The Morgan fingerprint density at radius 3 is 2.94 bits per heavy atom. The van der Waals surface area contributed by atoms with Crippen LogP contribution in [0.25, 0.3) is 10.6 Å². The number of hydrogen-bond acceptors (Lipinski definition) is 3. The number of hydrogen-bond donors (Lipinski definition) is 1. The van der Waals surface area contributed by atoms with Crippen molar-refractivity contribution in [2.75, 3.05) is 7.05 Å². The number of aromatic nitrogens is 1. The Kier molecular flexibility index (Phi) is 3.68. The molecule has 0 fully saturated rings. The molecule has 0 bridgehead atoms. The molecule has 2 aromatic rings. The smallest absolute Gasteiger partial charge is 0.125 e. The zero-order chi connectivity index (χ0) is 11.5. The maximum absolute atomic E-state index is 13.2. The summed E-state index contributed by atoms with van der Waals surface area (Å²) in [5.41, 5.74) is 1.78. The molecule has 0 saturated heterocycles. The monoisotopic (exact) mass is 300 g/mol. The van der Waals surface area contributed by atoms with Gasteiger partial charge < -0.3 is 5.32 Å². The fraction of sp³-hybridized carbons (Fsp3) is 0.182. The van der Waals surface area contributed by atoms with E-state index in [2.05, 4.69) is 26.2 Å². The summed E-state index contributed by atoms with van der Waals surface area (Å²) < 4.78 is 13.9. The van der Waals surface area contributed by atoms with E-state index >= 15 is 0 Å². The largest absolute Gasteiger partial charge is 0.314 e. The highest BCUT2D eigenvalue weighted by molar-refractivity contribution is 9.10. The Morgan fingerprint density at radius 2 is 2.25 bits per heavy atom. The van der Waals surface area contributed by atoms with E-state index in [-0.39, 0.29) is 5.82 Å². The first-order chi connectivity index (χ1) is 7.69. The molecule has 1 aromatic carbocycles. The Bertz CT molecular complexity index is 478. The highest BCUT2D eigenvalue weighted by atomic mass is 79.9. The van der Waals surface area contributed by atoms with Crippen molar-refractivity contribution in [3.63, 3.8) is 0 Å². The van der Waals surface area contributed by atoms with E-state index in [1.807, 2.05) is 18.5 Å². The van der Waals surface area contributed by atoms with Gasteiger partial charge in [-0.15, -0.1) is 11.3 Å². The minimum absolute atomic E-state index is 0.255. The first-order valence-electron chi connectivity index (χ1n) is 4.74. The molecule has 0 aliphatic rings. The number of thiazole rings is 1. The van der Waals surface area contributed by atoms with Gasteiger partial charge in [0.1, 0.15) is 10.8 Å². The van der Waals surface area contributed by atoms with Crippen molar-refractivity contribution in [2.45, 2.75) is 6.54 Å². The van der Waals surface area contributed by atoms with Gasteiger partial charge in [-0.1, -0.05) is 15.9 Å². The molecule has 1 N–H and O–H groups in total. The van der Waals surface area contributed by atoms with E-state index in [4.69, 9.17) is 0 Å². The van der Waals surface area contributed by atoms with Gasteiger partial charge in [0.25, 0.3) is 0 Å². The van der Waals surface area contributed by atoms with Gasteiger partial charge in [0.2, 0.25) is 0 Å². The summed E-state index contributed by atoms with van der Waals surface area (Å²) in [7, 11) is 1.87. The minimum Gasteiger partial charge on any atom is -0.314 e. The molecule has 0 spiro atoms. The molecule has 5 heteroatoms. The summed E-state index contributed by atoms with van der Waals surface area (Å²) in [5, 5.41) is 5.85. The fourth-order valence-corrected chi connectivity index (χ4v) is 2.65. The topological polar surface area (TPSA) is 24.9 Å². The van der Waals surface area contributed by atoms with Gasteiger partial charge in [-0.3, -0.25) is 0 Å². The number of benzene rings is 1. The van der Waals surface area contributed by atoms with Crippen LogP contribution in [0, 0.1) is 5.82 Å². The number of nitrogens with one attached hydrogen (secondary N) is 1. The highest BCUT2D eigenvalue weighted by Gasteiger charge is 2.06. The molecule has 0 atom stereocenters. The second-order valence-corrected chi connectivity index (χ2v) is 5.11. The molecule has 0 aliphatic carbocycles. The lowest BCUT2D eigenvalue weighted by atomic mass is 10.2. The van der Waals surface area contributed by atoms with E-state index in [1.165, 1.54) is 23.5 Å².